The van der Waals surface area contributed by atoms with Gasteiger partial charge in [-0.3, -0.25) is 4.79 Å². The standard InChI is InChI=1S/C27H32O7/c1-15(2)7-9-17-20(33-12-11-31-5)14-22-24(25(17)29)26(30)23-18(10-8-16(3)4)27(32-6)19(28)13-21(23)34-22/h7-8,13-14,28-29H,9-12H2,1-6H3. The third-order valence-electron chi connectivity index (χ3n) is 5.50. The highest BCUT2D eigenvalue weighted by Crippen LogP contribution is 2.41. The lowest BCUT2D eigenvalue weighted by Gasteiger charge is -2.16. The average Bonchev–Trinajstić information content (AvgIpc) is 2.76. The van der Waals surface area contributed by atoms with E-state index in [9.17, 15) is 15.0 Å². The molecule has 0 atom stereocenters. The second-order valence-corrected chi connectivity index (χ2v) is 8.60. The number of phenols is 2. The van der Waals surface area contributed by atoms with E-state index in [1.54, 1.807) is 13.2 Å². The molecule has 0 amide bonds. The molecule has 3 aromatic rings. The highest BCUT2D eigenvalue weighted by Gasteiger charge is 2.23. The van der Waals surface area contributed by atoms with Crippen LogP contribution in [0.3, 0.4) is 0 Å². The van der Waals surface area contributed by atoms with Gasteiger partial charge in [-0.2, -0.15) is 0 Å². The largest absolute Gasteiger partial charge is 0.507 e. The summed E-state index contributed by atoms with van der Waals surface area (Å²) in [5.41, 5.74) is 3.08. The third-order valence-corrected chi connectivity index (χ3v) is 5.50. The van der Waals surface area contributed by atoms with Gasteiger partial charge in [0.15, 0.2) is 11.5 Å². The molecule has 3 rings (SSSR count). The minimum Gasteiger partial charge on any atom is -0.507 e. The maximum Gasteiger partial charge on any atom is 0.204 e. The quantitative estimate of drug-likeness (QED) is 0.246. The molecule has 0 unspecified atom stereocenters. The molecule has 0 saturated carbocycles. The second-order valence-electron chi connectivity index (χ2n) is 8.60. The van der Waals surface area contributed by atoms with Crippen molar-refractivity contribution in [3.8, 4) is 23.0 Å². The van der Waals surface area contributed by atoms with Gasteiger partial charge in [-0.1, -0.05) is 23.3 Å². The Kier molecular flexibility index (Phi) is 7.89. The van der Waals surface area contributed by atoms with Gasteiger partial charge in [0.05, 0.1) is 19.1 Å². The van der Waals surface area contributed by atoms with E-state index >= 15 is 0 Å². The molecule has 0 bridgehead atoms. The molecular formula is C27H32O7. The molecule has 0 radical (unpaired) electrons. The molecule has 0 aliphatic carbocycles. The lowest BCUT2D eigenvalue weighted by Crippen LogP contribution is -2.10. The SMILES string of the molecule is COCCOc1cc2oc3cc(O)c(OC)c(CC=C(C)C)c3c(=O)c2c(O)c1CC=C(C)C. The van der Waals surface area contributed by atoms with Crippen molar-refractivity contribution in [3.05, 3.63) is 56.8 Å². The smallest absolute Gasteiger partial charge is 0.204 e. The van der Waals surface area contributed by atoms with Crippen LogP contribution in [0.4, 0.5) is 0 Å². The highest BCUT2D eigenvalue weighted by atomic mass is 16.5. The summed E-state index contributed by atoms with van der Waals surface area (Å²) >= 11 is 0. The van der Waals surface area contributed by atoms with Crippen LogP contribution in [-0.2, 0) is 17.6 Å². The summed E-state index contributed by atoms with van der Waals surface area (Å²) in [5, 5.41) is 22.1. The number of allylic oxidation sites excluding steroid dienone is 4. The van der Waals surface area contributed by atoms with Gasteiger partial charge in [0.25, 0.3) is 0 Å². The fourth-order valence-corrected chi connectivity index (χ4v) is 3.81. The van der Waals surface area contributed by atoms with Gasteiger partial charge in [-0.15, -0.1) is 0 Å². The Hall–Kier alpha value is -3.45. The zero-order valence-electron chi connectivity index (χ0n) is 20.6. The molecular weight excluding hydrogens is 436 g/mol. The summed E-state index contributed by atoms with van der Waals surface area (Å²) in [6, 6.07) is 2.97. The van der Waals surface area contributed by atoms with E-state index < -0.39 is 5.43 Å². The van der Waals surface area contributed by atoms with Crippen LogP contribution in [0.5, 0.6) is 23.0 Å². The van der Waals surface area contributed by atoms with Crippen LogP contribution >= 0.6 is 0 Å². The van der Waals surface area contributed by atoms with Crippen LogP contribution in [0.2, 0.25) is 0 Å². The van der Waals surface area contributed by atoms with Crippen molar-refractivity contribution in [2.24, 2.45) is 0 Å². The van der Waals surface area contributed by atoms with E-state index in [1.165, 1.54) is 13.2 Å². The first kappa shape index (κ1) is 25.2. The number of fused-ring (bicyclic) bond motifs is 2. The molecule has 34 heavy (non-hydrogen) atoms. The van der Waals surface area contributed by atoms with E-state index in [0.717, 1.165) is 11.1 Å². The number of aromatic hydroxyl groups is 2. The van der Waals surface area contributed by atoms with Crippen molar-refractivity contribution in [2.75, 3.05) is 27.4 Å². The molecule has 1 aromatic heterocycles. The van der Waals surface area contributed by atoms with Crippen LogP contribution < -0.4 is 14.9 Å². The van der Waals surface area contributed by atoms with E-state index in [-0.39, 0.29) is 45.8 Å². The Morgan fingerprint density at radius 1 is 0.912 bits per heavy atom. The fourth-order valence-electron chi connectivity index (χ4n) is 3.81. The summed E-state index contributed by atoms with van der Waals surface area (Å²) in [7, 11) is 3.01. The van der Waals surface area contributed by atoms with Crippen LogP contribution in [0.25, 0.3) is 21.9 Å². The highest BCUT2D eigenvalue weighted by molar-refractivity contribution is 5.97. The number of hydrogen-bond acceptors (Lipinski definition) is 7. The summed E-state index contributed by atoms with van der Waals surface area (Å²) in [5.74, 6) is 0.305. The number of methoxy groups -OCH3 is 2. The molecule has 2 aromatic carbocycles. The van der Waals surface area contributed by atoms with Crippen LogP contribution in [0.1, 0.15) is 38.8 Å². The number of rotatable bonds is 9. The van der Waals surface area contributed by atoms with E-state index in [4.69, 9.17) is 18.6 Å². The Labute approximate surface area is 198 Å². The molecule has 0 aliphatic rings. The lowest BCUT2D eigenvalue weighted by molar-refractivity contribution is 0.145. The minimum absolute atomic E-state index is 0.0648. The molecule has 0 spiro atoms. The lowest BCUT2D eigenvalue weighted by atomic mass is 9.98. The van der Waals surface area contributed by atoms with Crippen LogP contribution in [-0.4, -0.2) is 37.6 Å². The van der Waals surface area contributed by atoms with E-state index in [1.807, 2.05) is 39.8 Å². The van der Waals surface area contributed by atoms with Crippen molar-refractivity contribution < 1.29 is 28.8 Å². The number of benzene rings is 2. The predicted octanol–water partition coefficient (Wildman–Crippen LogP) is 5.41. The molecule has 7 nitrogen and oxygen atoms in total. The normalized spacial score (nSPS) is 11.0. The molecule has 182 valence electrons. The first-order valence-corrected chi connectivity index (χ1v) is 11.1. The van der Waals surface area contributed by atoms with Gasteiger partial charge in [0.2, 0.25) is 5.43 Å². The molecule has 2 N–H and O–H groups in total. The van der Waals surface area contributed by atoms with Crippen LogP contribution in [0.15, 0.2) is 44.6 Å². The van der Waals surface area contributed by atoms with Gasteiger partial charge < -0.3 is 28.8 Å². The predicted molar refractivity (Wildman–Crippen MR) is 134 cm³/mol. The number of ether oxygens (including phenoxy) is 3. The van der Waals surface area contributed by atoms with E-state index in [2.05, 4.69) is 0 Å². The zero-order chi connectivity index (χ0) is 25.0. The first-order valence-electron chi connectivity index (χ1n) is 11.1. The van der Waals surface area contributed by atoms with Crippen molar-refractivity contribution in [3.63, 3.8) is 0 Å². The fraction of sp³-hybridized carbons (Fsp3) is 0.370. The zero-order valence-corrected chi connectivity index (χ0v) is 20.6. The van der Waals surface area contributed by atoms with Gasteiger partial charge in [-0.05, 0) is 40.5 Å². The summed E-state index contributed by atoms with van der Waals surface area (Å²) in [4.78, 5) is 13.8. The molecule has 0 fully saturated rings. The van der Waals surface area contributed by atoms with Crippen LogP contribution in [0, 0.1) is 0 Å². The average molecular weight is 469 g/mol. The van der Waals surface area contributed by atoms with Gasteiger partial charge in [0.1, 0.15) is 34.7 Å². The van der Waals surface area contributed by atoms with Crippen molar-refractivity contribution in [1.82, 2.24) is 0 Å². The van der Waals surface area contributed by atoms with Gasteiger partial charge in [0, 0.05) is 30.4 Å². The summed E-state index contributed by atoms with van der Waals surface area (Å²) in [6.45, 7) is 8.44. The van der Waals surface area contributed by atoms with E-state index in [0.29, 0.717) is 36.3 Å². The topological polar surface area (TPSA) is 98.4 Å². The maximum atomic E-state index is 13.8. The molecule has 1 heterocycles. The maximum absolute atomic E-state index is 13.8. The van der Waals surface area contributed by atoms with Crippen molar-refractivity contribution in [1.29, 1.82) is 0 Å². The second kappa shape index (κ2) is 10.7. The Morgan fingerprint density at radius 2 is 1.53 bits per heavy atom. The molecule has 7 heteroatoms. The minimum atomic E-state index is -0.397. The summed E-state index contributed by atoms with van der Waals surface area (Å²) in [6.07, 6.45) is 4.63. The van der Waals surface area contributed by atoms with Crippen molar-refractivity contribution >= 4 is 21.9 Å². The third kappa shape index (κ3) is 5.04. The van der Waals surface area contributed by atoms with Gasteiger partial charge >= 0.3 is 0 Å². The first-order chi connectivity index (χ1) is 16.2. The van der Waals surface area contributed by atoms with Gasteiger partial charge in [-0.25, -0.2) is 0 Å². The number of phenolic OH excluding ortho intramolecular Hbond substituents is 2. The Morgan fingerprint density at radius 3 is 2.12 bits per heavy atom. The Balaban J connectivity index is 2.39. The molecule has 0 saturated heterocycles. The monoisotopic (exact) mass is 468 g/mol. The number of hydrogen-bond donors (Lipinski definition) is 2. The molecule has 0 aliphatic heterocycles. The Bertz CT molecular complexity index is 1320. The van der Waals surface area contributed by atoms with Crippen molar-refractivity contribution in [2.45, 2.75) is 40.5 Å². The summed E-state index contributed by atoms with van der Waals surface area (Å²) < 4.78 is 22.4.